The van der Waals surface area contributed by atoms with Crippen LogP contribution in [-0.2, 0) is 5.75 Å². The molecule has 0 radical (unpaired) electrons. The summed E-state index contributed by atoms with van der Waals surface area (Å²) in [7, 11) is 1.63. The van der Waals surface area contributed by atoms with Gasteiger partial charge in [0, 0.05) is 5.56 Å². The summed E-state index contributed by atoms with van der Waals surface area (Å²) in [6, 6.07) is 15.4. The highest BCUT2D eigenvalue weighted by molar-refractivity contribution is 7.98. The van der Waals surface area contributed by atoms with E-state index < -0.39 is 0 Å². The SMILES string of the molecule is COc1ccc(-c2nc(CSc3nnnn3-c3cccc(C)c3)no2)cc1. The van der Waals surface area contributed by atoms with Crippen molar-refractivity contribution in [1.29, 1.82) is 0 Å². The third kappa shape index (κ3) is 3.82. The lowest BCUT2D eigenvalue weighted by Crippen LogP contribution is -1.99. The first-order valence-corrected chi connectivity index (χ1v) is 9.17. The van der Waals surface area contributed by atoms with Gasteiger partial charge in [0.25, 0.3) is 5.89 Å². The summed E-state index contributed by atoms with van der Waals surface area (Å²) >= 11 is 1.44. The fourth-order valence-electron chi connectivity index (χ4n) is 2.48. The highest BCUT2D eigenvalue weighted by atomic mass is 32.2. The molecular weight excluding hydrogens is 364 g/mol. The maximum atomic E-state index is 5.35. The van der Waals surface area contributed by atoms with Crippen molar-refractivity contribution < 1.29 is 9.26 Å². The number of hydrogen-bond acceptors (Lipinski definition) is 8. The minimum absolute atomic E-state index is 0.464. The predicted molar refractivity (Wildman–Crippen MR) is 99.7 cm³/mol. The van der Waals surface area contributed by atoms with E-state index in [1.165, 1.54) is 11.8 Å². The Bertz CT molecular complexity index is 1040. The molecule has 0 aliphatic heterocycles. The van der Waals surface area contributed by atoms with Crippen LogP contribution in [0.5, 0.6) is 5.75 Å². The Balaban J connectivity index is 1.47. The molecule has 2 aromatic heterocycles. The Kier molecular flexibility index (Phi) is 4.84. The van der Waals surface area contributed by atoms with Crippen LogP contribution in [0.1, 0.15) is 11.4 Å². The largest absolute Gasteiger partial charge is 0.497 e. The van der Waals surface area contributed by atoms with Gasteiger partial charge in [-0.1, -0.05) is 29.1 Å². The smallest absolute Gasteiger partial charge is 0.257 e. The monoisotopic (exact) mass is 380 g/mol. The second-order valence-corrected chi connectivity index (χ2v) is 6.69. The summed E-state index contributed by atoms with van der Waals surface area (Å²) in [6.07, 6.45) is 0. The first kappa shape index (κ1) is 17.2. The van der Waals surface area contributed by atoms with E-state index in [1.807, 2.05) is 55.5 Å². The summed E-state index contributed by atoms with van der Waals surface area (Å²) in [6.45, 7) is 2.03. The van der Waals surface area contributed by atoms with Crippen molar-refractivity contribution in [2.24, 2.45) is 0 Å². The normalized spacial score (nSPS) is 10.9. The molecule has 2 heterocycles. The summed E-state index contributed by atoms with van der Waals surface area (Å²) in [5.74, 6) is 2.31. The lowest BCUT2D eigenvalue weighted by Gasteiger charge is -2.03. The Morgan fingerprint density at radius 3 is 2.78 bits per heavy atom. The van der Waals surface area contributed by atoms with Crippen LogP contribution in [0, 0.1) is 6.92 Å². The molecule has 0 saturated carbocycles. The average molecular weight is 380 g/mol. The first-order chi connectivity index (χ1) is 13.2. The van der Waals surface area contributed by atoms with Gasteiger partial charge >= 0.3 is 0 Å². The van der Waals surface area contributed by atoms with E-state index in [4.69, 9.17) is 9.26 Å². The lowest BCUT2D eigenvalue weighted by molar-refractivity contribution is 0.414. The molecule has 0 spiro atoms. The average Bonchev–Trinajstić information content (AvgIpc) is 3.36. The standard InChI is InChI=1S/C18H16N6O2S/c1-12-4-3-5-14(10-12)24-18(20-22-23-24)27-11-16-19-17(26-21-16)13-6-8-15(25-2)9-7-13/h3-10H,11H2,1-2H3. The maximum absolute atomic E-state index is 5.35. The van der Waals surface area contributed by atoms with Gasteiger partial charge in [-0.05, 0) is 59.3 Å². The van der Waals surface area contributed by atoms with Crippen LogP contribution in [0.3, 0.4) is 0 Å². The first-order valence-electron chi connectivity index (χ1n) is 8.18. The molecule has 9 heteroatoms. The number of thioether (sulfide) groups is 1. The van der Waals surface area contributed by atoms with E-state index >= 15 is 0 Å². The van der Waals surface area contributed by atoms with E-state index in [0.717, 1.165) is 22.6 Å². The lowest BCUT2D eigenvalue weighted by atomic mass is 10.2. The van der Waals surface area contributed by atoms with Gasteiger partial charge < -0.3 is 9.26 Å². The molecule has 8 nitrogen and oxygen atoms in total. The van der Waals surface area contributed by atoms with Gasteiger partial charge in [0.2, 0.25) is 5.16 Å². The van der Waals surface area contributed by atoms with E-state index in [2.05, 4.69) is 25.7 Å². The summed E-state index contributed by atoms with van der Waals surface area (Å²) in [4.78, 5) is 4.43. The Morgan fingerprint density at radius 1 is 1.15 bits per heavy atom. The third-order valence-electron chi connectivity index (χ3n) is 3.82. The van der Waals surface area contributed by atoms with Crippen molar-refractivity contribution in [3.8, 4) is 22.9 Å². The number of nitrogens with zero attached hydrogens (tertiary/aromatic N) is 6. The molecule has 0 atom stereocenters. The van der Waals surface area contributed by atoms with Crippen molar-refractivity contribution in [2.75, 3.05) is 7.11 Å². The molecule has 2 aromatic carbocycles. The van der Waals surface area contributed by atoms with Crippen molar-refractivity contribution in [3.05, 3.63) is 59.9 Å². The number of rotatable bonds is 6. The zero-order valence-corrected chi connectivity index (χ0v) is 15.6. The number of aryl methyl sites for hydroxylation is 1. The third-order valence-corrected chi connectivity index (χ3v) is 4.74. The Hall–Kier alpha value is -3.20. The number of methoxy groups -OCH3 is 1. The zero-order chi connectivity index (χ0) is 18.6. The van der Waals surface area contributed by atoms with Gasteiger partial charge in [0.15, 0.2) is 5.82 Å². The van der Waals surface area contributed by atoms with Gasteiger partial charge in [-0.3, -0.25) is 0 Å². The van der Waals surface area contributed by atoms with Crippen LogP contribution in [0.25, 0.3) is 17.1 Å². The highest BCUT2D eigenvalue weighted by Crippen LogP contribution is 2.24. The van der Waals surface area contributed by atoms with Crippen molar-refractivity contribution in [3.63, 3.8) is 0 Å². The fourth-order valence-corrected chi connectivity index (χ4v) is 3.22. The summed E-state index contributed by atoms with van der Waals surface area (Å²) in [5, 5.41) is 16.6. The molecule has 27 heavy (non-hydrogen) atoms. The van der Waals surface area contributed by atoms with Gasteiger partial charge in [-0.25, -0.2) is 0 Å². The maximum Gasteiger partial charge on any atom is 0.257 e. The van der Waals surface area contributed by atoms with Crippen molar-refractivity contribution >= 4 is 11.8 Å². The van der Waals surface area contributed by atoms with E-state index in [-0.39, 0.29) is 0 Å². The number of ether oxygens (including phenoxy) is 1. The molecule has 4 aromatic rings. The predicted octanol–water partition coefficient (Wildman–Crippen LogP) is 3.32. The summed E-state index contributed by atoms with van der Waals surface area (Å²) in [5.41, 5.74) is 2.89. The summed E-state index contributed by atoms with van der Waals surface area (Å²) < 4.78 is 12.2. The van der Waals surface area contributed by atoms with Crippen LogP contribution in [-0.4, -0.2) is 37.5 Å². The molecule has 0 fully saturated rings. The molecule has 0 N–H and O–H groups in total. The van der Waals surface area contributed by atoms with E-state index in [9.17, 15) is 0 Å². The minimum Gasteiger partial charge on any atom is -0.497 e. The van der Waals surface area contributed by atoms with E-state index in [1.54, 1.807) is 11.8 Å². The van der Waals surface area contributed by atoms with Gasteiger partial charge in [-0.15, -0.1) is 5.10 Å². The molecule has 4 rings (SSSR count). The fraction of sp³-hybridized carbons (Fsp3) is 0.167. The Labute approximate surface area is 159 Å². The molecule has 0 aliphatic rings. The highest BCUT2D eigenvalue weighted by Gasteiger charge is 2.13. The van der Waals surface area contributed by atoms with Gasteiger partial charge in [-0.2, -0.15) is 9.67 Å². The molecule has 136 valence electrons. The Morgan fingerprint density at radius 2 is 2.00 bits per heavy atom. The molecule has 0 bridgehead atoms. The van der Waals surface area contributed by atoms with Crippen LogP contribution in [0.15, 0.2) is 58.2 Å². The van der Waals surface area contributed by atoms with Crippen molar-refractivity contribution in [1.82, 2.24) is 30.3 Å². The van der Waals surface area contributed by atoms with E-state index in [0.29, 0.717) is 22.6 Å². The zero-order valence-electron chi connectivity index (χ0n) is 14.7. The van der Waals surface area contributed by atoms with Crippen LogP contribution in [0.2, 0.25) is 0 Å². The number of benzene rings is 2. The van der Waals surface area contributed by atoms with Crippen LogP contribution < -0.4 is 4.74 Å². The topological polar surface area (TPSA) is 91.8 Å². The minimum atomic E-state index is 0.464. The van der Waals surface area contributed by atoms with Gasteiger partial charge in [0.1, 0.15) is 5.75 Å². The number of hydrogen-bond donors (Lipinski definition) is 0. The second-order valence-electron chi connectivity index (χ2n) is 5.75. The molecule has 0 unspecified atom stereocenters. The molecule has 0 amide bonds. The quantitative estimate of drug-likeness (QED) is 0.470. The second kappa shape index (κ2) is 7.58. The number of tetrazole rings is 1. The number of aromatic nitrogens is 6. The van der Waals surface area contributed by atoms with Gasteiger partial charge in [0.05, 0.1) is 18.6 Å². The van der Waals surface area contributed by atoms with Crippen molar-refractivity contribution in [2.45, 2.75) is 17.8 Å². The molecule has 0 aliphatic carbocycles. The van der Waals surface area contributed by atoms with Crippen LogP contribution >= 0.6 is 11.8 Å². The molecular formula is C18H16N6O2S. The van der Waals surface area contributed by atoms with Crippen LogP contribution in [0.4, 0.5) is 0 Å². The molecule has 0 saturated heterocycles.